The molecule has 94 valence electrons. The number of nitrogens with zero attached hydrogens (tertiary/aromatic N) is 3. The van der Waals surface area contributed by atoms with Gasteiger partial charge in [-0.3, -0.25) is 0 Å². The molecule has 2 aromatic rings. The average Bonchev–Trinajstić information content (AvgIpc) is 2.87. The van der Waals surface area contributed by atoms with Gasteiger partial charge in [0.15, 0.2) is 0 Å². The number of piperidine rings is 1. The summed E-state index contributed by atoms with van der Waals surface area (Å²) in [7, 11) is 0. The van der Waals surface area contributed by atoms with Gasteiger partial charge in [-0.15, -0.1) is 0 Å². The Balaban J connectivity index is 1.88. The lowest BCUT2D eigenvalue weighted by atomic mass is 10.1. The third-order valence-electron chi connectivity index (χ3n) is 3.37. The van der Waals surface area contributed by atoms with Crippen LogP contribution in [0.2, 0.25) is 0 Å². The maximum atomic E-state index is 4.32. The van der Waals surface area contributed by atoms with Crippen molar-refractivity contribution in [2.24, 2.45) is 0 Å². The van der Waals surface area contributed by atoms with Gasteiger partial charge >= 0.3 is 0 Å². The van der Waals surface area contributed by atoms with Crippen LogP contribution in [0.5, 0.6) is 0 Å². The summed E-state index contributed by atoms with van der Waals surface area (Å²) in [5.41, 5.74) is 2.42. The zero-order valence-electron chi connectivity index (χ0n) is 10.2. The smallest absolute Gasteiger partial charge is 0.0666 e. The third-order valence-corrected chi connectivity index (χ3v) is 3.78. The molecule has 1 fully saturated rings. The van der Waals surface area contributed by atoms with E-state index in [9.17, 15) is 0 Å². The summed E-state index contributed by atoms with van der Waals surface area (Å²) < 4.78 is 2.91. The van der Waals surface area contributed by atoms with Gasteiger partial charge in [0, 0.05) is 25.0 Å². The van der Waals surface area contributed by atoms with Crippen LogP contribution >= 0.6 is 15.9 Å². The Morgan fingerprint density at radius 3 is 2.56 bits per heavy atom. The van der Waals surface area contributed by atoms with E-state index >= 15 is 0 Å². The molecule has 3 rings (SSSR count). The van der Waals surface area contributed by atoms with Crippen molar-refractivity contribution in [1.29, 1.82) is 0 Å². The molecule has 18 heavy (non-hydrogen) atoms. The lowest BCUT2D eigenvalue weighted by molar-refractivity contribution is 0.577. The first-order valence-electron chi connectivity index (χ1n) is 6.38. The molecular weight excluding hydrogens is 290 g/mol. The first kappa shape index (κ1) is 11.8. The predicted molar refractivity (Wildman–Crippen MR) is 77.3 cm³/mol. The highest BCUT2D eigenvalue weighted by Crippen LogP contribution is 2.22. The van der Waals surface area contributed by atoms with E-state index < -0.39 is 0 Å². The van der Waals surface area contributed by atoms with Crippen molar-refractivity contribution in [3.63, 3.8) is 0 Å². The van der Waals surface area contributed by atoms with Gasteiger partial charge in [0.2, 0.25) is 0 Å². The lowest BCUT2D eigenvalue weighted by Gasteiger charge is -2.29. The van der Waals surface area contributed by atoms with Crippen LogP contribution < -0.4 is 4.90 Å². The Morgan fingerprint density at radius 1 is 1.06 bits per heavy atom. The van der Waals surface area contributed by atoms with Crippen molar-refractivity contribution in [2.75, 3.05) is 18.0 Å². The van der Waals surface area contributed by atoms with Gasteiger partial charge in [0.25, 0.3) is 0 Å². The van der Waals surface area contributed by atoms with Crippen molar-refractivity contribution < 1.29 is 0 Å². The van der Waals surface area contributed by atoms with Gasteiger partial charge in [-0.2, -0.15) is 5.10 Å². The van der Waals surface area contributed by atoms with Gasteiger partial charge in [-0.1, -0.05) is 6.07 Å². The molecule has 0 N–H and O–H groups in total. The number of anilines is 1. The quantitative estimate of drug-likeness (QED) is 0.845. The largest absolute Gasteiger partial charge is 0.371 e. The molecule has 0 radical (unpaired) electrons. The normalized spacial score (nSPS) is 15.9. The molecule has 0 bridgehead atoms. The maximum Gasteiger partial charge on any atom is 0.0666 e. The second-order valence-electron chi connectivity index (χ2n) is 4.67. The van der Waals surface area contributed by atoms with Crippen LogP contribution in [0.15, 0.2) is 41.1 Å². The Morgan fingerprint density at radius 2 is 1.83 bits per heavy atom. The first-order valence-corrected chi connectivity index (χ1v) is 7.18. The van der Waals surface area contributed by atoms with E-state index in [1.54, 1.807) is 0 Å². The monoisotopic (exact) mass is 305 g/mol. The van der Waals surface area contributed by atoms with Crippen LogP contribution in [-0.4, -0.2) is 22.9 Å². The molecule has 1 aromatic carbocycles. The highest BCUT2D eigenvalue weighted by atomic mass is 79.9. The summed E-state index contributed by atoms with van der Waals surface area (Å²) in [5.74, 6) is 0. The number of hydrogen-bond donors (Lipinski definition) is 0. The minimum Gasteiger partial charge on any atom is -0.371 e. The molecule has 0 atom stereocenters. The van der Waals surface area contributed by atoms with E-state index in [4.69, 9.17) is 0 Å². The Kier molecular flexibility index (Phi) is 3.37. The number of benzene rings is 1. The molecule has 1 saturated heterocycles. The summed E-state index contributed by atoms with van der Waals surface area (Å²) in [6, 6.07) is 8.60. The topological polar surface area (TPSA) is 21.1 Å². The van der Waals surface area contributed by atoms with Gasteiger partial charge in [0.05, 0.1) is 16.4 Å². The second-order valence-corrected chi connectivity index (χ2v) is 5.59. The van der Waals surface area contributed by atoms with Crippen LogP contribution in [0.1, 0.15) is 19.3 Å². The molecule has 4 heteroatoms. The van der Waals surface area contributed by atoms with E-state index in [0.717, 1.165) is 10.2 Å². The second kappa shape index (κ2) is 5.14. The number of aromatic nitrogens is 2. The molecule has 0 unspecified atom stereocenters. The number of halogens is 1. The zero-order valence-corrected chi connectivity index (χ0v) is 11.8. The predicted octanol–water partition coefficient (Wildman–Crippen LogP) is 3.63. The van der Waals surface area contributed by atoms with Crippen molar-refractivity contribution in [3.8, 4) is 5.69 Å². The molecule has 1 aliphatic heterocycles. The number of hydrogen-bond acceptors (Lipinski definition) is 2. The van der Waals surface area contributed by atoms with Crippen molar-refractivity contribution in [1.82, 2.24) is 9.78 Å². The first-order chi connectivity index (χ1) is 8.83. The van der Waals surface area contributed by atoms with E-state index in [1.807, 2.05) is 17.1 Å². The summed E-state index contributed by atoms with van der Waals surface area (Å²) >= 11 is 3.43. The number of rotatable bonds is 2. The summed E-state index contributed by atoms with van der Waals surface area (Å²) in [6.45, 7) is 2.35. The van der Waals surface area contributed by atoms with Crippen molar-refractivity contribution >= 4 is 21.6 Å². The minimum atomic E-state index is 1.01. The van der Waals surface area contributed by atoms with Crippen LogP contribution in [0.25, 0.3) is 5.69 Å². The zero-order chi connectivity index (χ0) is 12.4. The van der Waals surface area contributed by atoms with Gasteiger partial charge < -0.3 is 4.90 Å². The van der Waals surface area contributed by atoms with Crippen LogP contribution in [0.4, 0.5) is 5.69 Å². The highest BCUT2D eigenvalue weighted by Gasteiger charge is 2.11. The van der Waals surface area contributed by atoms with Crippen LogP contribution in [0.3, 0.4) is 0 Å². The average molecular weight is 306 g/mol. The van der Waals surface area contributed by atoms with E-state index in [-0.39, 0.29) is 0 Å². The summed E-state index contributed by atoms with van der Waals surface area (Å²) in [5, 5.41) is 4.32. The van der Waals surface area contributed by atoms with E-state index in [0.29, 0.717) is 0 Å². The summed E-state index contributed by atoms with van der Waals surface area (Å²) in [4.78, 5) is 2.46. The highest BCUT2D eigenvalue weighted by molar-refractivity contribution is 9.10. The summed E-state index contributed by atoms with van der Waals surface area (Å²) in [6.07, 6.45) is 7.76. The molecule has 0 saturated carbocycles. The van der Waals surface area contributed by atoms with Gasteiger partial charge in [-0.25, -0.2) is 4.68 Å². The minimum absolute atomic E-state index is 1.01. The van der Waals surface area contributed by atoms with Crippen LogP contribution in [0, 0.1) is 0 Å². The molecule has 2 heterocycles. The molecule has 0 aliphatic carbocycles. The molecule has 0 amide bonds. The Bertz CT molecular complexity index is 529. The van der Waals surface area contributed by atoms with Crippen LogP contribution in [-0.2, 0) is 0 Å². The van der Waals surface area contributed by atoms with E-state index in [1.165, 1.54) is 38.0 Å². The van der Waals surface area contributed by atoms with Gasteiger partial charge in [0.1, 0.15) is 0 Å². The molecular formula is C14H16BrN3. The lowest BCUT2D eigenvalue weighted by Crippen LogP contribution is -2.29. The van der Waals surface area contributed by atoms with Crippen molar-refractivity contribution in [2.45, 2.75) is 19.3 Å². The molecule has 1 aromatic heterocycles. The Labute approximate surface area is 116 Å². The van der Waals surface area contributed by atoms with Crippen molar-refractivity contribution in [3.05, 3.63) is 41.1 Å². The SMILES string of the molecule is Brc1cnn(-c2cccc(N3CCCCC3)c2)c1. The molecule has 3 nitrogen and oxygen atoms in total. The fraction of sp³-hybridized carbons (Fsp3) is 0.357. The molecule has 0 spiro atoms. The molecule has 1 aliphatic rings. The fourth-order valence-electron chi connectivity index (χ4n) is 2.43. The maximum absolute atomic E-state index is 4.32. The third kappa shape index (κ3) is 2.43. The standard InChI is InChI=1S/C14H16BrN3/c15-12-10-16-18(11-12)14-6-4-5-13(9-14)17-7-2-1-3-8-17/h4-6,9-11H,1-3,7-8H2. The van der Waals surface area contributed by atoms with Gasteiger partial charge in [-0.05, 0) is 53.4 Å². The van der Waals surface area contributed by atoms with E-state index in [2.05, 4.69) is 50.2 Å². The Hall–Kier alpha value is -1.29. The fourth-order valence-corrected chi connectivity index (χ4v) is 2.71.